The quantitative estimate of drug-likeness (QED) is 0.667. The van der Waals surface area contributed by atoms with Gasteiger partial charge in [0.2, 0.25) is 0 Å². The van der Waals surface area contributed by atoms with Crippen molar-refractivity contribution in [1.29, 1.82) is 0 Å². The van der Waals surface area contributed by atoms with E-state index < -0.39 is 10.7 Å². The molecular weight excluding hydrogens is 251 g/mol. The normalized spacial score (nSPS) is 15.4. The molecule has 1 aliphatic rings. The molecule has 92 valence electrons. The number of ether oxygens (including phenoxy) is 1. The SMILES string of the molecule is O=[N+]([O-])c1cc(Cl)cc(F)c1NCC1COC1. The molecule has 1 saturated heterocycles. The van der Waals surface area contributed by atoms with E-state index in [2.05, 4.69) is 5.32 Å². The van der Waals surface area contributed by atoms with Crippen LogP contribution in [0.3, 0.4) is 0 Å². The molecule has 17 heavy (non-hydrogen) atoms. The number of rotatable bonds is 4. The minimum absolute atomic E-state index is 0.00623. The van der Waals surface area contributed by atoms with Crippen molar-refractivity contribution < 1.29 is 14.1 Å². The Morgan fingerprint density at radius 2 is 2.29 bits per heavy atom. The Labute approximate surface area is 102 Å². The van der Waals surface area contributed by atoms with Crippen LogP contribution < -0.4 is 5.32 Å². The van der Waals surface area contributed by atoms with Crippen molar-refractivity contribution in [2.45, 2.75) is 0 Å². The van der Waals surface area contributed by atoms with Crippen LogP contribution in [-0.4, -0.2) is 24.7 Å². The lowest BCUT2D eigenvalue weighted by molar-refractivity contribution is -0.384. The zero-order valence-electron chi connectivity index (χ0n) is 8.78. The van der Waals surface area contributed by atoms with Crippen molar-refractivity contribution in [2.75, 3.05) is 25.1 Å². The maximum Gasteiger partial charge on any atom is 0.296 e. The molecule has 0 atom stereocenters. The molecule has 1 aromatic carbocycles. The fraction of sp³-hybridized carbons (Fsp3) is 0.400. The van der Waals surface area contributed by atoms with Crippen LogP contribution in [0.1, 0.15) is 0 Å². The topological polar surface area (TPSA) is 64.4 Å². The molecule has 1 N–H and O–H groups in total. The fourth-order valence-electron chi connectivity index (χ4n) is 1.53. The Bertz CT molecular complexity index is 451. The number of benzene rings is 1. The molecular formula is C10H10ClFN2O3. The van der Waals surface area contributed by atoms with Gasteiger partial charge in [-0.3, -0.25) is 10.1 Å². The van der Waals surface area contributed by atoms with Crippen molar-refractivity contribution in [3.8, 4) is 0 Å². The van der Waals surface area contributed by atoms with Crippen molar-refractivity contribution in [3.05, 3.63) is 33.1 Å². The zero-order valence-corrected chi connectivity index (χ0v) is 9.54. The Kier molecular flexibility index (Phi) is 3.44. The smallest absolute Gasteiger partial charge is 0.296 e. The molecule has 0 aliphatic carbocycles. The molecule has 0 aromatic heterocycles. The summed E-state index contributed by atoms with van der Waals surface area (Å²) in [6.45, 7) is 1.63. The lowest BCUT2D eigenvalue weighted by Crippen LogP contribution is -2.33. The highest BCUT2D eigenvalue weighted by atomic mass is 35.5. The van der Waals surface area contributed by atoms with Gasteiger partial charge in [0, 0.05) is 18.5 Å². The molecule has 0 amide bonds. The van der Waals surface area contributed by atoms with E-state index in [4.69, 9.17) is 16.3 Å². The number of hydrogen-bond acceptors (Lipinski definition) is 4. The van der Waals surface area contributed by atoms with Crippen molar-refractivity contribution in [3.63, 3.8) is 0 Å². The first-order chi connectivity index (χ1) is 8.08. The Balaban J connectivity index is 2.20. The van der Waals surface area contributed by atoms with Crippen LogP contribution in [0.15, 0.2) is 12.1 Å². The second-order valence-corrected chi connectivity index (χ2v) is 4.26. The van der Waals surface area contributed by atoms with E-state index in [9.17, 15) is 14.5 Å². The van der Waals surface area contributed by atoms with E-state index in [1.54, 1.807) is 0 Å². The summed E-state index contributed by atoms with van der Waals surface area (Å²) < 4.78 is 18.5. The maximum absolute atomic E-state index is 13.6. The van der Waals surface area contributed by atoms with Gasteiger partial charge in [-0.15, -0.1) is 0 Å². The number of nitro benzene ring substituents is 1. The lowest BCUT2D eigenvalue weighted by Gasteiger charge is -2.26. The maximum atomic E-state index is 13.6. The second-order valence-electron chi connectivity index (χ2n) is 3.82. The summed E-state index contributed by atoms with van der Waals surface area (Å²) in [4.78, 5) is 10.1. The number of anilines is 1. The number of nitrogens with one attached hydrogen (secondary N) is 1. The molecule has 0 saturated carbocycles. The summed E-state index contributed by atoms with van der Waals surface area (Å²) in [7, 11) is 0. The molecule has 1 fully saturated rings. The zero-order chi connectivity index (χ0) is 12.4. The van der Waals surface area contributed by atoms with Crippen molar-refractivity contribution >= 4 is 23.0 Å². The van der Waals surface area contributed by atoms with Crippen LogP contribution in [0.5, 0.6) is 0 Å². The van der Waals surface area contributed by atoms with Gasteiger partial charge in [0.25, 0.3) is 5.69 Å². The summed E-state index contributed by atoms with van der Waals surface area (Å²) in [5.41, 5.74) is -0.471. The van der Waals surface area contributed by atoms with Gasteiger partial charge >= 0.3 is 0 Å². The Morgan fingerprint density at radius 1 is 1.59 bits per heavy atom. The molecule has 7 heteroatoms. The van der Waals surface area contributed by atoms with E-state index in [1.165, 1.54) is 0 Å². The molecule has 1 aromatic rings. The van der Waals surface area contributed by atoms with Gasteiger partial charge in [-0.05, 0) is 6.07 Å². The first kappa shape index (κ1) is 12.1. The summed E-state index contributed by atoms with van der Waals surface area (Å²) in [5, 5.41) is 13.5. The van der Waals surface area contributed by atoms with Crippen molar-refractivity contribution in [1.82, 2.24) is 0 Å². The lowest BCUT2D eigenvalue weighted by atomic mass is 10.1. The van der Waals surface area contributed by atoms with Crippen LogP contribution in [0.25, 0.3) is 0 Å². The van der Waals surface area contributed by atoms with E-state index in [0.29, 0.717) is 19.8 Å². The van der Waals surface area contributed by atoms with Gasteiger partial charge in [-0.2, -0.15) is 0 Å². The highest BCUT2D eigenvalue weighted by Crippen LogP contribution is 2.31. The second kappa shape index (κ2) is 4.85. The molecule has 0 radical (unpaired) electrons. The molecule has 0 bridgehead atoms. The standard InChI is InChI=1S/C10H10ClFN2O3/c11-7-1-8(12)10(9(2-7)14(15)16)13-3-6-4-17-5-6/h1-2,6,13H,3-5H2. The van der Waals surface area contributed by atoms with Gasteiger partial charge in [-0.25, -0.2) is 4.39 Å². The number of nitrogens with zero attached hydrogens (tertiary/aromatic N) is 1. The summed E-state index contributed by atoms with van der Waals surface area (Å²) in [6, 6.07) is 2.18. The first-order valence-electron chi connectivity index (χ1n) is 5.03. The average molecular weight is 261 g/mol. The van der Waals surface area contributed by atoms with Gasteiger partial charge < -0.3 is 10.1 Å². The third-order valence-corrected chi connectivity index (χ3v) is 2.72. The highest BCUT2D eigenvalue weighted by Gasteiger charge is 2.23. The summed E-state index contributed by atoms with van der Waals surface area (Å²) in [5.74, 6) is -0.450. The first-order valence-corrected chi connectivity index (χ1v) is 5.41. The Morgan fingerprint density at radius 3 is 2.82 bits per heavy atom. The van der Waals surface area contributed by atoms with Gasteiger partial charge in [0.05, 0.1) is 23.2 Å². The van der Waals surface area contributed by atoms with Crippen LogP contribution >= 0.6 is 11.6 Å². The third-order valence-electron chi connectivity index (χ3n) is 2.51. The number of hydrogen-bond donors (Lipinski definition) is 1. The van der Waals surface area contributed by atoms with Crippen molar-refractivity contribution in [2.24, 2.45) is 5.92 Å². The highest BCUT2D eigenvalue weighted by molar-refractivity contribution is 6.31. The predicted molar refractivity (Wildman–Crippen MR) is 60.9 cm³/mol. The van der Waals surface area contributed by atoms with Gasteiger partial charge in [0.15, 0.2) is 5.82 Å². The van der Waals surface area contributed by atoms with Crippen LogP contribution in [0.4, 0.5) is 15.8 Å². The summed E-state index contributed by atoms with van der Waals surface area (Å²) in [6.07, 6.45) is 0. The monoisotopic (exact) mass is 260 g/mol. The Hall–Kier alpha value is -1.40. The van der Waals surface area contributed by atoms with Crippen LogP contribution in [0, 0.1) is 21.8 Å². The molecule has 5 nitrogen and oxygen atoms in total. The summed E-state index contributed by atoms with van der Waals surface area (Å²) >= 11 is 5.58. The van der Waals surface area contributed by atoms with Crippen LogP contribution in [0.2, 0.25) is 5.02 Å². The van der Waals surface area contributed by atoms with Crippen LogP contribution in [-0.2, 0) is 4.74 Å². The van der Waals surface area contributed by atoms with E-state index in [1.807, 2.05) is 0 Å². The van der Waals surface area contributed by atoms with Gasteiger partial charge in [0.1, 0.15) is 5.69 Å². The minimum atomic E-state index is -0.718. The van der Waals surface area contributed by atoms with E-state index >= 15 is 0 Å². The fourth-order valence-corrected chi connectivity index (χ4v) is 1.73. The molecule has 2 rings (SSSR count). The van der Waals surface area contributed by atoms with E-state index in [0.717, 1.165) is 12.1 Å². The number of halogens is 2. The molecule has 0 unspecified atom stereocenters. The van der Waals surface area contributed by atoms with E-state index in [-0.39, 0.29) is 22.3 Å². The number of nitro groups is 1. The average Bonchev–Trinajstić information content (AvgIpc) is 2.17. The largest absolute Gasteiger partial charge is 0.381 e. The molecule has 1 heterocycles. The molecule has 0 spiro atoms. The predicted octanol–water partition coefficient (Wildman–Crippen LogP) is 2.45. The van der Waals surface area contributed by atoms with Gasteiger partial charge in [-0.1, -0.05) is 11.6 Å². The molecule has 1 aliphatic heterocycles. The third kappa shape index (κ3) is 2.65. The minimum Gasteiger partial charge on any atom is -0.381 e.